The van der Waals surface area contributed by atoms with Gasteiger partial charge in [0.1, 0.15) is 11.9 Å². The summed E-state index contributed by atoms with van der Waals surface area (Å²) in [6.07, 6.45) is 4.40. The Morgan fingerprint density at radius 3 is 2.83 bits per heavy atom. The molecule has 1 saturated heterocycles. The molecule has 2 aromatic heterocycles. The van der Waals surface area contributed by atoms with Crippen molar-refractivity contribution in [2.24, 2.45) is 0 Å². The predicted molar refractivity (Wildman–Crippen MR) is 136 cm³/mol. The third-order valence-corrected chi connectivity index (χ3v) is 6.75. The fourth-order valence-corrected chi connectivity index (χ4v) is 4.76. The number of fused-ring (bicyclic) bond motifs is 1. The lowest BCUT2D eigenvalue weighted by Gasteiger charge is -2.41. The molecule has 1 atom stereocenters. The lowest BCUT2D eigenvalue weighted by molar-refractivity contribution is -0.134. The molecule has 5 rings (SSSR count). The first kappa shape index (κ1) is 23.1. The topological polar surface area (TPSA) is 94.4 Å². The maximum Gasteiger partial charge on any atom is 0.225 e. The summed E-state index contributed by atoms with van der Waals surface area (Å²) in [6.45, 7) is 4.38. The van der Waals surface area contributed by atoms with Gasteiger partial charge in [0.2, 0.25) is 5.91 Å². The molecular weight excluding hydrogens is 440 g/mol. The maximum absolute atomic E-state index is 12.5. The van der Waals surface area contributed by atoms with Gasteiger partial charge in [-0.05, 0) is 38.0 Å². The SMILES string of the molecule is COCCC(=O)N1CCN(c2nc(C3CC3)c(Nc3cnc4ccccc4c3)cc2C#N)CC1C. The van der Waals surface area contributed by atoms with E-state index in [1.54, 1.807) is 7.11 Å². The van der Waals surface area contributed by atoms with Gasteiger partial charge in [-0.2, -0.15) is 5.26 Å². The van der Waals surface area contributed by atoms with Crippen LogP contribution >= 0.6 is 0 Å². The van der Waals surface area contributed by atoms with E-state index in [1.165, 1.54) is 0 Å². The Morgan fingerprint density at radius 1 is 1.26 bits per heavy atom. The van der Waals surface area contributed by atoms with E-state index >= 15 is 0 Å². The first-order valence-electron chi connectivity index (χ1n) is 12.2. The quantitative estimate of drug-likeness (QED) is 0.553. The molecule has 1 aliphatic heterocycles. The number of pyridine rings is 2. The fourth-order valence-electron chi connectivity index (χ4n) is 4.76. The summed E-state index contributed by atoms with van der Waals surface area (Å²) >= 11 is 0. The Bertz CT molecular complexity index is 1280. The van der Waals surface area contributed by atoms with Crippen molar-refractivity contribution >= 4 is 34.0 Å². The number of hydrogen-bond donors (Lipinski definition) is 1. The minimum Gasteiger partial charge on any atom is -0.384 e. The number of hydrogen-bond acceptors (Lipinski definition) is 7. The second-order valence-electron chi connectivity index (χ2n) is 9.35. The Morgan fingerprint density at radius 2 is 2.09 bits per heavy atom. The normalized spacial score (nSPS) is 17.9. The zero-order valence-electron chi connectivity index (χ0n) is 20.2. The van der Waals surface area contributed by atoms with Crippen LogP contribution in [0.2, 0.25) is 0 Å². The maximum atomic E-state index is 12.5. The van der Waals surface area contributed by atoms with Gasteiger partial charge in [-0.25, -0.2) is 4.98 Å². The van der Waals surface area contributed by atoms with Crippen molar-refractivity contribution in [1.82, 2.24) is 14.9 Å². The molecule has 3 aromatic rings. The smallest absolute Gasteiger partial charge is 0.225 e. The van der Waals surface area contributed by atoms with Gasteiger partial charge in [-0.3, -0.25) is 9.78 Å². The van der Waals surface area contributed by atoms with Crippen LogP contribution in [0.1, 0.15) is 43.4 Å². The predicted octanol–water partition coefficient (Wildman–Crippen LogP) is 4.20. The summed E-state index contributed by atoms with van der Waals surface area (Å²) in [4.78, 5) is 26.2. The number of aromatic nitrogens is 2. The highest BCUT2D eigenvalue weighted by Gasteiger charge is 2.33. The van der Waals surface area contributed by atoms with Gasteiger partial charge in [0, 0.05) is 44.1 Å². The molecule has 0 spiro atoms. The Hall–Kier alpha value is -3.70. The van der Waals surface area contributed by atoms with E-state index < -0.39 is 0 Å². The molecule has 2 fully saturated rings. The second kappa shape index (κ2) is 9.88. The summed E-state index contributed by atoms with van der Waals surface area (Å²) < 4.78 is 5.06. The number of rotatable bonds is 7. The molecule has 8 heteroatoms. The van der Waals surface area contributed by atoms with Crippen molar-refractivity contribution in [3.05, 3.63) is 53.9 Å². The van der Waals surface area contributed by atoms with E-state index in [4.69, 9.17) is 9.72 Å². The molecule has 1 N–H and O–H groups in total. The van der Waals surface area contributed by atoms with Gasteiger partial charge >= 0.3 is 0 Å². The van der Waals surface area contributed by atoms with Crippen LogP contribution in [-0.4, -0.2) is 60.2 Å². The van der Waals surface area contributed by atoms with E-state index in [0.29, 0.717) is 50.0 Å². The lowest BCUT2D eigenvalue weighted by atomic mass is 10.1. The van der Waals surface area contributed by atoms with Gasteiger partial charge in [0.25, 0.3) is 0 Å². The molecule has 180 valence electrons. The number of nitrogens with one attached hydrogen (secondary N) is 1. The van der Waals surface area contributed by atoms with Crippen LogP contribution in [0.25, 0.3) is 10.9 Å². The van der Waals surface area contributed by atoms with Crippen LogP contribution in [-0.2, 0) is 9.53 Å². The van der Waals surface area contributed by atoms with Crippen LogP contribution in [0.4, 0.5) is 17.2 Å². The van der Waals surface area contributed by atoms with E-state index in [0.717, 1.165) is 40.8 Å². The molecule has 0 bridgehead atoms. The van der Waals surface area contributed by atoms with Crippen molar-refractivity contribution in [2.45, 2.75) is 38.1 Å². The highest BCUT2D eigenvalue weighted by atomic mass is 16.5. The number of amides is 1. The second-order valence-corrected chi connectivity index (χ2v) is 9.35. The summed E-state index contributed by atoms with van der Waals surface area (Å²) in [7, 11) is 1.61. The summed E-state index contributed by atoms with van der Waals surface area (Å²) in [5.74, 6) is 1.22. The van der Waals surface area contributed by atoms with Crippen LogP contribution in [0.5, 0.6) is 0 Å². The van der Waals surface area contributed by atoms with Gasteiger partial charge in [0.15, 0.2) is 0 Å². The summed E-state index contributed by atoms with van der Waals surface area (Å²) in [5.41, 5.74) is 4.23. The van der Waals surface area contributed by atoms with E-state index in [1.807, 2.05) is 48.4 Å². The monoisotopic (exact) mass is 470 g/mol. The van der Waals surface area contributed by atoms with Gasteiger partial charge in [-0.1, -0.05) is 18.2 Å². The van der Waals surface area contributed by atoms with E-state index in [-0.39, 0.29) is 11.9 Å². The van der Waals surface area contributed by atoms with Crippen molar-refractivity contribution in [2.75, 3.05) is 43.6 Å². The first-order chi connectivity index (χ1) is 17.1. The molecule has 35 heavy (non-hydrogen) atoms. The molecule has 1 saturated carbocycles. The number of nitriles is 1. The van der Waals surface area contributed by atoms with Crippen molar-refractivity contribution in [3.8, 4) is 6.07 Å². The standard InChI is InChI=1S/C27H30N6O2/c1-18-17-32(10-11-33(18)25(34)9-12-35-2)27-21(15-28)14-24(26(31-27)19-7-8-19)30-22-13-20-5-3-4-6-23(20)29-16-22/h3-6,13-14,16,18-19,30H,7-12,17H2,1-2H3. The fraction of sp³-hybridized carbons (Fsp3) is 0.407. The first-order valence-corrected chi connectivity index (χ1v) is 12.2. The summed E-state index contributed by atoms with van der Waals surface area (Å²) in [6, 6.07) is 14.4. The van der Waals surface area contributed by atoms with Crippen molar-refractivity contribution in [3.63, 3.8) is 0 Å². The number of ether oxygens (including phenoxy) is 1. The molecule has 1 amide bonds. The Balaban J connectivity index is 1.40. The minimum atomic E-state index is 0.0345. The van der Waals surface area contributed by atoms with E-state index in [9.17, 15) is 10.1 Å². The molecule has 2 aliphatic rings. The van der Waals surface area contributed by atoms with Crippen LogP contribution < -0.4 is 10.2 Å². The van der Waals surface area contributed by atoms with Gasteiger partial charge < -0.3 is 19.9 Å². The number of anilines is 3. The van der Waals surface area contributed by atoms with Crippen LogP contribution in [0.3, 0.4) is 0 Å². The third-order valence-electron chi connectivity index (χ3n) is 6.75. The van der Waals surface area contributed by atoms with E-state index in [2.05, 4.69) is 27.3 Å². The third kappa shape index (κ3) is 4.91. The number of carbonyl (C=O) groups excluding carboxylic acids is 1. The Labute approximate surface area is 205 Å². The number of carbonyl (C=O) groups is 1. The summed E-state index contributed by atoms with van der Waals surface area (Å²) in [5, 5.41) is 14.5. The number of piperazine rings is 1. The number of para-hydroxylation sites is 1. The average Bonchev–Trinajstić information content (AvgIpc) is 3.72. The number of benzene rings is 1. The average molecular weight is 471 g/mol. The van der Waals surface area contributed by atoms with Crippen LogP contribution in [0.15, 0.2) is 42.6 Å². The lowest BCUT2D eigenvalue weighted by Crippen LogP contribution is -2.54. The Kier molecular flexibility index (Phi) is 6.51. The van der Waals surface area contributed by atoms with Gasteiger partial charge in [0.05, 0.1) is 47.4 Å². The number of methoxy groups -OCH3 is 1. The molecule has 1 aromatic carbocycles. The largest absolute Gasteiger partial charge is 0.384 e. The van der Waals surface area contributed by atoms with Gasteiger partial charge in [-0.15, -0.1) is 0 Å². The molecular formula is C27H30N6O2. The molecule has 3 heterocycles. The molecule has 8 nitrogen and oxygen atoms in total. The zero-order chi connectivity index (χ0) is 24.4. The highest BCUT2D eigenvalue weighted by molar-refractivity contribution is 5.83. The number of nitrogens with zero attached hydrogens (tertiary/aromatic N) is 5. The minimum absolute atomic E-state index is 0.0345. The molecule has 1 unspecified atom stereocenters. The molecule has 1 aliphatic carbocycles. The van der Waals surface area contributed by atoms with Crippen LogP contribution in [0, 0.1) is 11.3 Å². The van der Waals surface area contributed by atoms with Crippen molar-refractivity contribution in [1.29, 1.82) is 5.26 Å². The van der Waals surface area contributed by atoms with Crippen molar-refractivity contribution < 1.29 is 9.53 Å². The molecule has 0 radical (unpaired) electrons. The zero-order valence-corrected chi connectivity index (χ0v) is 20.2. The highest BCUT2D eigenvalue weighted by Crippen LogP contribution is 2.44.